The molecule has 5 nitrogen and oxygen atoms in total. The highest BCUT2D eigenvalue weighted by molar-refractivity contribution is 5.89. The van der Waals surface area contributed by atoms with Crippen molar-refractivity contribution >= 4 is 22.6 Å². The maximum atomic E-state index is 12.6. The van der Waals surface area contributed by atoms with Crippen LogP contribution in [-0.4, -0.2) is 41.1 Å². The Bertz CT molecular complexity index is 768. The maximum absolute atomic E-state index is 12.6. The number of hydrogen-bond donors (Lipinski definition) is 1. The third kappa shape index (κ3) is 3.07. The van der Waals surface area contributed by atoms with Crippen molar-refractivity contribution in [2.24, 2.45) is 11.8 Å². The van der Waals surface area contributed by atoms with E-state index >= 15 is 0 Å². The van der Waals surface area contributed by atoms with Crippen LogP contribution in [0, 0.1) is 11.8 Å². The normalized spacial score (nSPS) is 21.7. The van der Waals surface area contributed by atoms with E-state index in [1.165, 1.54) is 0 Å². The molecule has 1 unspecified atom stereocenters. The molecule has 1 aliphatic rings. The zero-order valence-corrected chi connectivity index (χ0v) is 13.8. The summed E-state index contributed by atoms with van der Waals surface area (Å²) in [4.78, 5) is 25.4. The van der Waals surface area contributed by atoms with Crippen LogP contribution in [0.2, 0.25) is 0 Å². The fraction of sp³-hybridized carbons (Fsp3) is 0.368. The predicted octanol–water partition coefficient (Wildman–Crippen LogP) is 2.79. The van der Waals surface area contributed by atoms with Crippen LogP contribution < -0.4 is 4.74 Å². The number of fused-ring (bicyclic) bond motifs is 1. The Morgan fingerprint density at radius 2 is 1.88 bits per heavy atom. The number of nitrogens with zero attached hydrogens (tertiary/aromatic N) is 1. The number of aliphatic carboxylic acids is 1. The lowest BCUT2D eigenvalue weighted by atomic mass is 9.99. The Hall–Kier alpha value is -2.56. The molecule has 0 radical (unpaired) electrons. The molecule has 2 aromatic carbocycles. The van der Waals surface area contributed by atoms with Crippen LogP contribution in [0.25, 0.3) is 10.8 Å². The van der Waals surface area contributed by atoms with Crippen molar-refractivity contribution in [1.82, 2.24) is 4.90 Å². The monoisotopic (exact) mass is 327 g/mol. The lowest BCUT2D eigenvalue weighted by Crippen LogP contribution is -2.39. The van der Waals surface area contributed by atoms with E-state index in [0.717, 1.165) is 10.8 Å². The van der Waals surface area contributed by atoms with Crippen molar-refractivity contribution in [3.63, 3.8) is 0 Å². The van der Waals surface area contributed by atoms with Gasteiger partial charge >= 0.3 is 5.97 Å². The number of carbonyl (C=O) groups is 2. The number of carbonyl (C=O) groups excluding carboxylic acids is 1. The van der Waals surface area contributed by atoms with Gasteiger partial charge in [-0.15, -0.1) is 0 Å². The van der Waals surface area contributed by atoms with Gasteiger partial charge in [0.1, 0.15) is 5.75 Å². The summed E-state index contributed by atoms with van der Waals surface area (Å²) in [5.74, 6) is -0.898. The summed E-state index contributed by atoms with van der Waals surface area (Å²) in [6.07, 6.45) is -0.657. The first-order chi connectivity index (χ1) is 11.5. The number of carboxylic acids is 1. The molecule has 126 valence electrons. The standard InChI is InChI=1S/C19H21NO4/c1-12-10-20(11-16(12)19(22)23)18(21)13(2)24-17-9-5-7-14-6-3-4-8-15(14)17/h3-9,12-13,16H,10-11H2,1-2H3,(H,22,23)/t12-,13?,16-/m1/s1. The summed E-state index contributed by atoms with van der Waals surface area (Å²) in [7, 11) is 0. The Kier molecular flexibility index (Phi) is 4.42. The van der Waals surface area contributed by atoms with Gasteiger partial charge < -0.3 is 14.7 Å². The summed E-state index contributed by atoms with van der Waals surface area (Å²) in [5.41, 5.74) is 0. The molecule has 0 aliphatic carbocycles. The summed E-state index contributed by atoms with van der Waals surface area (Å²) in [6.45, 7) is 4.28. The van der Waals surface area contributed by atoms with Crippen LogP contribution in [0.3, 0.4) is 0 Å². The van der Waals surface area contributed by atoms with E-state index in [1.807, 2.05) is 49.4 Å². The molecular formula is C19H21NO4. The highest BCUT2D eigenvalue weighted by Crippen LogP contribution is 2.28. The van der Waals surface area contributed by atoms with Crippen molar-refractivity contribution in [2.45, 2.75) is 20.0 Å². The molecule has 24 heavy (non-hydrogen) atoms. The molecule has 1 heterocycles. The largest absolute Gasteiger partial charge is 0.481 e. The molecule has 0 aromatic heterocycles. The number of rotatable bonds is 4. The van der Waals surface area contributed by atoms with Gasteiger partial charge in [-0.1, -0.05) is 43.3 Å². The Balaban J connectivity index is 1.74. The highest BCUT2D eigenvalue weighted by atomic mass is 16.5. The van der Waals surface area contributed by atoms with Gasteiger partial charge in [-0.25, -0.2) is 0 Å². The lowest BCUT2D eigenvalue weighted by molar-refractivity contribution is -0.142. The van der Waals surface area contributed by atoms with Gasteiger partial charge in [0.05, 0.1) is 5.92 Å². The van der Waals surface area contributed by atoms with Crippen molar-refractivity contribution in [3.05, 3.63) is 42.5 Å². The van der Waals surface area contributed by atoms with Crippen LogP contribution in [0.5, 0.6) is 5.75 Å². The Morgan fingerprint density at radius 3 is 2.58 bits per heavy atom. The fourth-order valence-electron chi connectivity index (χ4n) is 3.26. The average molecular weight is 327 g/mol. The van der Waals surface area contributed by atoms with Crippen molar-refractivity contribution in [2.75, 3.05) is 13.1 Å². The maximum Gasteiger partial charge on any atom is 0.308 e. The van der Waals surface area contributed by atoms with E-state index in [9.17, 15) is 14.7 Å². The number of benzene rings is 2. The third-order valence-electron chi connectivity index (χ3n) is 4.64. The molecule has 2 aromatic rings. The van der Waals surface area contributed by atoms with Gasteiger partial charge in [0.15, 0.2) is 6.10 Å². The summed E-state index contributed by atoms with van der Waals surface area (Å²) >= 11 is 0. The molecule has 0 spiro atoms. The van der Waals surface area contributed by atoms with Gasteiger partial charge in [0.25, 0.3) is 5.91 Å². The SMILES string of the molecule is CC(Oc1cccc2ccccc12)C(=O)N1C[C@@H](C)[C@H](C(=O)O)C1. The predicted molar refractivity (Wildman–Crippen MR) is 90.9 cm³/mol. The third-order valence-corrected chi connectivity index (χ3v) is 4.64. The van der Waals surface area contributed by atoms with E-state index in [2.05, 4.69) is 0 Å². The second-order valence-corrected chi connectivity index (χ2v) is 6.40. The van der Waals surface area contributed by atoms with Gasteiger partial charge in [-0.05, 0) is 24.3 Å². The lowest BCUT2D eigenvalue weighted by Gasteiger charge is -2.22. The minimum absolute atomic E-state index is 0.0452. The van der Waals surface area contributed by atoms with Gasteiger partial charge in [-0.2, -0.15) is 0 Å². The molecule has 5 heteroatoms. The zero-order valence-electron chi connectivity index (χ0n) is 13.8. The second kappa shape index (κ2) is 6.51. The zero-order chi connectivity index (χ0) is 17.3. The average Bonchev–Trinajstić information content (AvgIpc) is 2.96. The van der Waals surface area contributed by atoms with Crippen LogP contribution >= 0.6 is 0 Å². The van der Waals surface area contributed by atoms with Crippen molar-refractivity contribution < 1.29 is 19.4 Å². The fourth-order valence-corrected chi connectivity index (χ4v) is 3.26. The molecule has 1 fully saturated rings. The van der Waals surface area contributed by atoms with Crippen LogP contribution in [-0.2, 0) is 9.59 Å². The molecule has 3 atom stereocenters. The molecule has 1 amide bonds. The van der Waals surface area contributed by atoms with Crippen LogP contribution in [0.4, 0.5) is 0 Å². The smallest absolute Gasteiger partial charge is 0.308 e. The molecular weight excluding hydrogens is 306 g/mol. The molecule has 1 saturated heterocycles. The molecule has 3 rings (SSSR count). The first-order valence-corrected chi connectivity index (χ1v) is 8.13. The Morgan fingerprint density at radius 1 is 1.17 bits per heavy atom. The van der Waals surface area contributed by atoms with Crippen molar-refractivity contribution in [3.8, 4) is 5.75 Å². The Labute approximate surface area is 140 Å². The van der Waals surface area contributed by atoms with E-state index in [4.69, 9.17) is 4.74 Å². The first-order valence-electron chi connectivity index (χ1n) is 8.13. The van der Waals surface area contributed by atoms with E-state index in [1.54, 1.807) is 11.8 Å². The molecule has 0 saturated carbocycles. The molecule has 1 N–H and O–H groups in total. The summed E-state index contributed by atoms with van der Waals surface area (Å²) in [5, 5.41) is 11.2. The van der Waals surface area contributed by atoms with Crippen LogP contribution in [0.15, 0.2) is 42.5 Å². The van der Waals surface area contributed by atoms with Gasteiger partial charge in [-0.3, -0.25) is 9.59 Å². The minimum Gasteiger partial charge on any atom is -0.481 e. The first kappa shape index (κ1) is 16.3. The van der Waals surface area contributed by atoms with Gasteiger partial charge in [0.2, 0.25) is 0 Å². The number of amides is 1. The quantitative estimate of drug-likeness (QED) is 0.938. The number of hydrogen-bond acceptors (Lipinski definition) is 3. The topological polar surface area (TPSA) is 66.8 Å². The number of likely N-dealkylation sites (tertiary alicyclic amines) is 1. The number of carboxylic acid groups (broad SMARTS) is 1. The van der Waals surface area contributed by atoms with E-state index in [-0.39, 0.29) is 18.4 Å². The van der Waals surface area contributed by atoms with Gasteiger partial charge in [0, 0.05) is 18.5 Å². The van der Waals surface area contributed by atoms with E-state index in [0.29, 0.717) is 12.3 Å². The van der Waals surface area contributed by atoms with Crippen molar-refractivity contribution in [1.29, 1.82) is 0 Å². The summed E-state index contributed by atoms with van der Waals surface area (Å²) < 4.78 is 5.89. The molecule has 0 bridgehead atoms. The highest BCUT2D eigenvalue weighted by Gasteiger charge is 2.38. The summed E-state index contributed by atoms with van der Waals surface area (Å²) in [6, 6.07) is 13.6. The molecule has 1 aliphatic heterocycles. The second-order valence-electron chi connectivity index (χ2n) is 6.40. The van der Waals surface area contributed by atoms with E-state index < -0.39 is 18.0 Å². The van der Waals surface area contributed by atoms with Crippen LogP contribution in [0.1, 0.15) is 13.8 Å². The minimum atomic E-state index is -0.847. The number of ether oxygens (including phenoxy) is 1.